The van der Waals surface area contributed by atoms with Crippen molar-refractivity contribution in [3.63, 3.8) is 0 Å². The summed E-state index contributed by atoms with van der Waals surface area (Å²) in [7, 11) is -3.78. The molecule has 1 atom stereocenters. The molecule has 9 heteroatoms. The van der Waals surface area contributed by atoms with Crippen LogP contribution in [0.4, 0.5) is 4.39 Å². The fourth-order valence-electron chi connectivity index (χ4n) is 3.19. The maximum absolute atomic E-state index is 13.4. The van der Waals surface area contributed by atoms with Gasteiger partial charge in [-0.2, -0.15) is 9.29 Å². The van der Waals surface area contributed by atoms with Gasteiger partial charge in [0.1, 0.15) is 11.6 Å². The second-order valence-corrected chi connectivity index (χ2v) is 8.46. The van der Waals surface area contributed by atoms with E-state index in [1.807, 2.05) is 6.92 Å². The Bertz CT molecular complexity index is 1060. The summed E-state index contributed by atoms with van der Waals surface area (Å²) >= 11 is 0. The zero-order valence-electron chi connectivity index (χ0n) is 14.6. The molecular formula is C18H18FN3O4S. The molecule has 1 saturated heterocycles. The van der Waals surface area contributed by atoms with E-state index in [0.29, 0.717) is 30.4 Å². The van der Waals surface area contributed by atoms with E-state index in [0.717, 1.165) is 18.2 Å². The quantitative estimate of drug-likeness (QED) is 0.678. The largest absolute Gasteiger partial charge is 0.458 e. The van der Waals surface area contributed by atoms with Gasteiger partial charge in [-0.1, -0.05) is 11.2 Å². The van der Waals surface area contributed by atoms with Crippen LogP contribution in [0.15, 0.2) is 50.2 Å². The number of hydrogen-bond acceptors (Lipinski definition) is 6. The maximum atomic E-state index is 13.4. The zero-order valence-corrected chi connectivity index (χ0v) is 15.4. The summed E-state index contributed by atoms with van der Waals surface area (Å²) in [6, 6.07) is 8.59. The van der Waals surface area contributed by atoms with Crippen molar-refractivity contribution in [3.8, 4) is 11.6 Å². The van der Waals surface area contributed by atoms with Crippen molar-refractivity contribution in [1.82, 2.24) is 14.4 Å². The number of aryl methyl sites for hydroxylation is 1. The molecule has 0 aliphatic carbocycles. The Hall–Kier alpha value is -2.52. The minimum atomic E-state index is -3.78. The third kappa shape index (κ3) is 3.52. The van der Waals surface area contributed by atoms with Gasteiger partial charge in [-0.05, 0) is 50.1 Å². The first-order valence-electron chi connectivity index (χ1n) is 8.59. The van der Waals surface area contributed by atoms with Crippen LogP contribution in [0, 0.1) is 12.7 Å². The van der Waals surface area contributed by atoms with Crippen LogP contribution < -0.4 is 0 Å². The van der Waals surface area contributed by atoms with Crippen LogP contribution in [0.3, 0.4) is 0 Å². The first-order chi connectivity index (χ1) is 12.9. The highest BCUT2D eigenvalue weighted by molar-refractivity contribution is 7.89. The van der Waals surface area contributed by atoms with Crippen LogP contribution in [-0.2, 0) is 10.0 Å². The summed E-state index contributed by atoms with van der Waals surface area (Å²) in [5.41, 5.74) is 0. The molecule has 0 N–H and O–H groups in total. The van der Waals surface area contributed by atoms with Gasteiger partial charge in [-0.3, -0.25) is 0 Å². The van der Waals surface area contributed by atoms with Gasteiger partial charge in [0.05, 0.1) is 10.8 Å². The predicted octanol–water partition coefficient (Wildman–Crippen LogP) is 3.35. The smallest absolute Gasteiger partial charge is 0.243 e. The van der Waals surface area contributed by atoms with E-state index in [-0.39, 0.29) is 17.4 Å². The molecule has 3 aromatic rings. The topological polar surface area (TPSA) is 89.4 Å². The van der Waals surface area contributed by atoms with Gasteiger partial charge in [0.2, 0.25) is 21.7 Å². The molecule has 1 aromatic carbocycles. The van der Waals surface area contributed by atoms with Gasteiger partial charge in [0, 0.05) is 13.1 Å². The van der Waals surface area contributed by atoms with Crippen LogP contribution in [-0.4, -0.2) is 36.0 Å². The van der Waals surface area contributed by atoms with Crippen LogP contribution in [0.25, 0.3) is 11.6 Å². The first kappa shape index (κ1) is 17.9. The molecule has 1 aliphatic heterocycles. The maximum Gasteiger partial charge on any atom is 0.243 e. The minimum Gasteiger partial charge on any atom is -0.458 e. The number of sulfonamides is 1. The molecular weight excluding hydrogens is 373 g/mol. The molecule has 142 valence electrons. The second kappa shape index (κ2) is 6.90. The molecule has 0 saturated carbocycles. The summed E-state index contributed by atoms with van der Waals surface area (Å²) in [6.07, 6.45) is 1.38. The molecule has 4 rings (SSSR count). The Morgan fingerprint density at radius 2 is 2.11 bits per heavy atom. The van der Waals surface area contributed by atoms with Gasteiger partial charge in [0.25, 0.3) is 0 Å². The highest BCUT2D eigenvalue weighted by atomic mass is 32.2. The summed E-state index contributed by atoms with van der Waals surface area (Å²) in [6.45, 7) is 2.40. The number of piperidine rings is 1. The number of halogens is 1. The zero-order chi connectivity index (χ0) is 19.0. The standard InChI is InChI=1S/C18H18FN3O4S/c1-12-7-8-16(25-12)17-20-18(26-21-17)13-4-3-9-22(11-13)27(23,24)15-6-2-5-14(19)10-15/h2,5-8,10,13H,3-4,9,11H2,1H3/t13-/m1/s1. The molecule has 27 heavy (non-hydrogen) atoms. The summed E-state index contributed by atoms with van der Waals surface area (Å²) in [5.74, 6) is 1.14. The van der Waals surface area contributed by atoms with Crippen molar-refractivity contribution in [2.75, 3.05) is 13.1 Å². The lowest BCUT2D eigenvalue weighted by Crippen LogP contribution is -2.39. The van der Waals surface area contributed by atoms with E-state index in [4.69, 9.17) is 8.94 Å². The fourth-order valence-corrected chi connectivity index (χ4v) is 4.75. The van der Waals surface area contributed by atoms with E-state index in [1.165, 1.54) is 22.5 Å². The second-order valence-electron chi connectivity index (χ2n) is 6.53. The first-order valence-corrected chi connectivity index (χ1v) is 10.0. The molecule has 3 heterocycles. The lowest BCUT2D eigenvalue weighted by Gasteiger charge is -2.30. The van der Waals surface area contributed by atoms with Gasteiger partial charge in [0.15, 0.2) is 5.76 Å². The third-order valence-corrected chi connectivity index (χ3v) is 6.43. The van der Waals surface area contributed by atoms with E-state index < -0.39 is 15.8 Å². The Morgan fingerprint density at radius 3 is 2.85 bits per heavy atom. The number of nitrogens with zero attached hydrogens (tertiary/aromatic N) is 3. The Morgan fingerprint density at radius 1 is 1.26 bits per heavy atom. The Balaban J connectivity index is 1.56. The highest BCUT2D eigenvalue weighted by Crippen LogP contribution is 2.31. The summed E-state index contributed by atoms with van der Waals surface area (Å²) in [5, 5.41) is 3.93. The molecule has 2 aromatic heterocycles. The molecule has 0 amide bonds. The Kier molecular flexibility index (Phi) is 4.56. The molecule has 0 bridgehead atoms. The van der Waals surface area contributed by atoms with Crippen molar-refractivity contribution < 1.29 is 21.7 Å². The lowest BCUT2D eigenvalue weighted by atomic mass is 10.00. The molecule has 7 nitrogen and oxygen atoms in total. The predicted molar refractivity (Wildman–Crippen MR) is 93.9 cm³/mol. The van der Waals surface area contributed by atoms with Crippen molar-refractivity contribution in [1.29, 1.82) is 0 Å². The molecule has 1 aliphatic rings. The molecule has 0 radical (unpaired) electrons. The van der Waals surface area contributed by atoms with Crippen LogP contribution in [0.1, 0.15) is 30.4 Å². The summed E-state index contributed by atoms with van der Waals surface area (Å²) in [4.78, 5) is 4.31. The van der Waals surface area contributed by atoms with Crippen LogP contribution in [0.5, 0.6) is 0 Å². The number of hydrogen-bond donors (Lipinski definition) is 0. The number of benzene rings is 1. The average molecular weight is 391 g/mol. The van der Waals surface area contributed by atoms with E-state index in [2.05, 4.69) is 10.1 Å². The van der Waals surface area contributed by atoms with Gasteiger partial charge < -0.3 is 8.94 Å². The molecule has 0 unspecified atom stereocenters. The van der Waals surface area contributed by atoms with Crippen LogP contribution in [0.2, 0.25) is 0 Å². The molecule has 1 fully saturated rings. The van der Waals surface area contributed by atoms with Crippen molar-refractivity contribution in [2.24, 2.45) is 0 Å². The van der Waals surface area contributed by atoms with Crippen molar-refractivity contribution in [3.05, 3.63) is 53.9 Å². The van der Waals surface area contributed by atoms with Gasteiger partial charge in [-0.25, -0.2) is 12.8 Å². The normalized spacial score (nSPS) is 18.7. The third-order valence-electron chi connectivity index (χ3n) is 4.57. The Labute approximate surface area is 155 Å². The monoisotopic (exact) mass is 391 g/mol. The minimum absolute atomic E-state index is 0.0552. The van der Waals surface area contributed by atoms with E-state index in [1.54, 1.807) is 12.1 Å². The van der Waals surface area contributed by atoms with Gasteiger partial charge in [-0.15, -0.1) is 0 Å². The lowest BCUT2D eigenvalue weighted by molar-refractivity contribution is 0.265. The van der Waals surface area contributed by atoms with E-state index >= 15 is 0 Å². The fraction of sp³-hybridized carbons (Fsp3) is 0.333. The summed E-state index contributed by atoms with van der Waals surface area (Å²) < 4.78 is 51.3. The van der Waals surface area contributed by atoms with Crippen molar-refractivity contribution >= 4 is 10.0 Å². The molecule has 0 spiro atoms. The van der Waals surface area contributed by atoms with Gasteiger partial charge >= 0.3 is 0 Å². The van der Waals surface area contributed by atoms with Crippen molar-refractivity contribution in [2.45, 2.75) is 30.6 Å². The van der Waals surface area contributed by atoms with E-state index in [9.17, 15) is 12.8 Å². The highest BCUT2D eigenvalue weighted by Gasteiger charge is 2.33. The number of rotatable bonds is 4. The average Bonchev–Trinajstić information content (AvgIpc) is 3.31. The number of furan rings is 1. The SMILES string of the molecule is Cc1ccc(-c2noc([C@@H]3CCCN(S(=O)(=O)c4cccc(F)c4)C3)n2)o1. The number of aromatic nitrogens is 2. The van der Waals surface area contributed by atoms with Crippen LogP contribution >= 0.6 is 0 Å².